The van der Waals surface area contributed by atoms with Crippen molar-refractivity contribution in [3.05, 3.63) is 77.4 Å². The highest BCUT2D eigenvalue weighted by Gasteiger charge is 2.15. The number of anilines is 1. The topological polar surface area (TPSA) is 29.1 Å². The van der Waals surface area contributed by atoms with E-state index < -0.39 is 0 Å². The number of hydrogen-bond donors (Lipinski definition) is 1. The monoisotopic (exact) mass is 349 g/mol. The van der Waals surface area contributed by atoms with Gasteiger partial charge in [-0.2, -0.15) is 0 Å². The first-order valence-corrected chi connectivity index (χ1v) is 9.56. The molecule has 25 heavy (non-hydrogen) atoms. The fraction of sp³-hybridized carbons (Fsp3) is 0.227. The second kappa shape index (κ2) is 7.75. The van der Waals surface area contributed by atoms with Crippen molar-refractivity contribution in [2.24, 2.45) is 0 Å². The van der Waals surface area contributed by atoms with Gasteiger partial charge in [-0.25, -0.2) is 0 Å². The molecule has 1 atom stereocenters. The molecule has 0 aromatic heterocycles. The summed E-state index contributed by atoms with van der Waals surface area (Å²) in [6.07, 6.45) is 0. The van der Waals surface area contributed by atoms with Gasteiger partial charge in [0.15, 0.2) is 0 Å². The molecule has 0 spiro atoms. The summed E-state index contributed by atoms with van der Waals surface area (Å²) in [7, 11) is 0. The van der Waals surface area contributed by atoms with Crippen LogP contribution in [0.2, 0.25) is 0 Å². The lowest BCUT2D eigenvalue weighted by molar-refractivity contribution is -0.115. The van der Waals surface area contributed by atoms with Crippen molar-refractivity contribution in [1.29, 1.82) is 0 Å². The minimum atomic E-state index is -0.106. The second-order valence-corrected chi connectivity index (χ2v) is 7.72. The first-order valence-electron chi connectivity index (χ1n) is 8.51. The molecule has 2 nitrogen and oxygen atoms in total. The van der Waals surface area contributed by atoms with Gasteiger partial charge in [-0.3, -0.25) is 4.79 Å². The molecule has 0 heterocycles. The third kappa shape index (κ3) is 4.23. The van der Waals surface area contributed by atoms with E-state index in [1.807, 2.05) is 39.0 Å². The van der Waals surface area contributed by atoms with Gasteiger partial charge in [0, 0.05) is 11.4 Å². The SMILES string of the molecule is Cc1cccc(C)c1NC(=O)C(C)SCc1ccc2ccccc2c1. The van der Waals surface area contributed by atoms with Crippen LogP contribution in [0.4, 0.5) is 5.69 Å². The molecule has 0 saturated carbocycles. The van der Waals surface area contributed by atoms with Crippen LogP contribution in [0.25, 0.3) is 10.8 Å². The molecule has 0 saturated heterocycles. The minimum absolute atomic E-state index is 0.0585. The van der Waals surface area contributed by atoms with E-state index in [9.17, 15) is 4.79 Å². The summed E-state index contributed by atoms with van der Waals surface area (Å²) >= 11 is 1.67. The molecular weight excluding hydrogens is 326 g/mol. The highest BCUT2D eigenvalue weighted by Crippen LogP contribution is 2.24. The molecule has 1 N–H and O–H groups in total. The molecular formula is C22H23NOS. The summed E-state index contributed by atoms with van der Waals surface area (Å²) in [4.78, 5) is 12.5. The average molecular weight is 349 g/mol. The van der Waals surface area contributed by atoms with Gasteiger partial charge in [-0.15, -0.1) is 11.8 Å². The summed E-state index contributed by atoms with van der Waals surface area (Å²) in [6.45, 7) is 6.01. The number of benzene rings is 3. The first-order chi connectivity index (χ1) is 12.0. The number of amides is 1. The Balaban J connectivity index is 1.63. The Morgan fingerprint density at radius 2 is 1.64 bits per heavy atom. The number of aryl methyl sites for hydroxylation is 2. The van der Waals surface area contributed by atoms with Crippen LogP contribution >= 0.6 is 11.8 Å². The van der Waals surface area contributed by atoms with E-state index in [2.05, 4.69) is 47.8 Å². The number of hydrogen-bond acceptors (Lipinski definition) is 2. The number of rotatable bonds is 5. The van der Waals surface area contributed by atoms with Gasteiger partial charge in [-0.1, -0.05) is 60.7 Å². The van der Waals surface area contributed by atoms with Gasteiger partial charge in [0.05, 0.1) is 5.25 Å². The Morgan fingerprint density at radius 3 is 2.36 bits per heavy atom. The molecule has 1 unspecified atom stereocenters. The fourth-order valence-electron chi connectivity index (χ4n) is 2.86. The zero-order valence-corrected chi connectivity index (χ0v) is 15.7. The molecule has 0 fully saturated rings. The van der Waals surface area contributed by atoms with E-state index in [4.69, 9.17) is 0 Å². The highest BCUT2D eigenvalue weighted by atomic mass is 32.2. The Morgan fingerprint density at radius 1 is 0.960 bits per heavy atom. The van der Waals surface area contributed by atoms with E-state index in [0.717, 1.165) is 22.6 Å². The van der Waals surface area contributed by atoms with Crippen LogP contribution in [0.3, 0.4) is 0 Å². The lowest BCUT2D eigenvalue weighted by Gasteiger charge is -2.15. The number of fused-ring (bicyclic) bond motifs is 1. The van der Waals surface area contributed by atoms with Crippen molar-refractivity contribution in [2.75, 3.05) is 5.32 Å². The maximum absolute atomic E-state index is 12.5. The Kier molecular flexibility index (Phi) is 5.44. The Labute approximate surface area is 153 Å². The Bertz CT molecular complexity index is 883. The largest absolute Gasteiger partial charge is 0.325 e. The fourth-order valence-corrected chi connectivity index (χ4v) is 3.69. The van der Waals surface area contributed by atoms with E-state index in [1.54, 1.807) is 11.8 Å². The summed E-state index contributed by atoms with van der Waals surface area (Å²) in [6, 6.07) is 20.9. The molecule has 0 aliphatic rings. The second-order valence-electron chi connectivity index (χ2n) is 6.39. The molecule has 128 valence electrons. The smallest absolute Gasteiger partial charge is 0.237 e. The highest BCUT2D eigenvalue weighted by molar-refractivity contribution is 7.99. The normalized spacial score (nSPS) is 12.1. The zero-order chi connectivity index (χ0) is 17.8. The van der Waals surface area contributed by atoms with Gasteiger partial charge in [0.2, 0.25) is 5.91 Å². The number of carbonyl (C=O) groups is 1. The quantitative estimate of drug-likeness (QED) is 0.638. The summed E-state index contributed by atoms with van der Waals surface area (Å²) in [5.41, 5.74) is 4.38. The van der Waals surface area contributed by atoms with Crippen molar-refractivity contribution >= 4 is 34.1 Å². The molecule has 0 bridgehead atoms. The van der Waals surface area contributed by atoms with Gasteiger partial charge in [0.1, 0.15) is 0 Å². The van der Waals surface area contributed by atoms with Crippen LogP contribution < -0.4 is 5.32 Å². The van der Waals surface area contributed by atoms with Crippen LogP contribution in [0.15, 0.2) is 60.7 Å². The molecule has 3 rings (SSSR count). The first kappa shape index (κ1) is 17.6. The summed E-state index contributed by atoms with van der Waals surface area (Å²) in [5, 5.41) is 5.47. The van der Waals surface area contributed by atoms with Crippen molar-refractivity contribution < 1.29 is 4.79 Å². The number of para-hydroxylation sites is 1. The van der Waals surface area contributed by atoms with Crippen LogP contribution in [-0.4, -0.2) is 11.2 Å². The van der Waals surface area contributed by atoms with Crippen molar-refractivity contribution in [3.63, 3.8) is 0 Å². The van der Waals surface area contributed by atoms with Crippen LogP contribution in [0.5, 0.6) is 0 Å². The predicted molar refractivity (Wildman–Crippen MR) is 109 cm³/mol. The third-order valence-electron chi connectivity index (χ3n) is 4.41. The van der Waals surface area contributed by atoms with Crippen LogP contribution in [0, 0.1) is 13.8 Å². The van der Waals surface area contributed by atoms with E-state index in [0.29, 0.717) is 0 Å². The zero-order valence-electron chi connectivity index (χ0n) is 14.9. The van der Waals surface area contributed by atoms with Gasteiger partial charge in [0.25, 0.3) is 0 Å². The maximum atomic E-state index is 12.5. The molecule has 3 aromatic rings. The molecule has 3 aromatic carbocycles. The van der Waals surface area contributed by atoms with Crippen molar-refractivity contribution in [2.45, 2.75) is 31.8 Å². The Hall–Kier alpha value is -2.26. The van der Waals surface area contributed by atoms with Crippen LogP contribution in [0.1, 0.15) is 23.6 Å². The van der Waals surface area contributed by atoms with Gasteiger partial charge in [-0.05, 0) is 48.2 Å². The summed E-state index contributed by atoms with van der Waals surface area (Å²) in [5.74, 6) is 0.884. The van der Waals surface area contributed by atoms with E-state index >= 15 is 0 Å². The van der Waals surface area contributed by atoms with E-state index in [-0.39, 0.29) is 11.2 Å². The van der Waals surface area contributed by atoms with Crippen molar-refractivity contribution in [1.82, 2.24) is 0 Å². The molecule has 0 radical (unpaired) electrons. The lowest BCUT2D eigenvalue weighted by atomic mass is 10.1. The molecule has 0 aliphatic carbocycles. The van der Waals surface area contributed by atoms with Gasteiger partial charge < -0.3 is 5.32 Å². The average Bonchev–Trinajstić information content (AvgIpc) is 2.62. The standard InChI is InChI=1S/C22H23NOS/c1-15-7-6-8-16(2)21(15)23-22(24)17(3)25-14-18-11-12-19-9-4-5-10-20(19)13-18/h4-13,17H,14H2,1-3H3,(H,23,24). The lowest BCUT2D eigenvalue weighted by Crippen LogP contribution is -2.23. The van der Waals surface area contributed by atoms with Crippen LogP contribution in [-0.2, 0) is 10.5 Å². The molecule has 3 heteroatoms. The molecule has 0 aliphatic heterocycles. The summed E-state index contributed by atoms with van der Waals surface area (Å²) < 4.78 is 0. The van der Waals surface area contributed by atoms with Gasteiger partial charge >= 0.3 is 0 Å². The third-order valence-corrected chi connectivity index (χ3v) is 5.63. The predicted octanol–water partition coefficient (Wildman–Crippen LogP) is 5.72. The van der Waals surface area contributed by atoms with Crippen molar-refractivity contribution in [3.8, 4) is 0 Å². The number of carbonyl (C=O) groups excluding carboxylic acids is 1. The molecule has 1 amide bonds. The minimum Gasteiger partial charge on any atom is -0.325 e. The number of nitrogens with one attached hydrogen (secondary N) is 1. The maximum Gasteiger partial charge on any atom is 0.237 e. The van der Waals surface area contributed by atoms with E-state index in [1.165, 1.54) is 16.3 Å². The number of thioether (sulfide) groups is 1.